The van der Waals surface area contributed by atoms with Gasteiger partial charge in [-0.1, -0.05) is 50.3 Å². The number of rotatable bonds is 5. The highest BCUT2D eigenvalue weighted by Crippen LogP contribution is 2.32. The van der Waals surface area contributed by atoms with E-state index < -0.39 is 0 Å². The summed E-state index contributed by atoms with van der Waals surface area (Å²) in [6.45, 7) is 0. The van der Waals surface area contributed by atoms with Crippen LogP contribution in [0.2, 0.25) is 0 Å². The van der Waals surface area contributed by atoms with Crippen molar-refractivity contribution >= 4 is 17.7 Å². The second kappa shape index (κ2) is 7.99. The number of hydrogen-bond donors (Lipinski definition) is 1. The van der Waals surface area contributed by atoms with E-state index >= 15 is 0 Å². The first-order valence-corrected chi connectivity index (χ1v) is 9.55. The molecule has 122 valence electrons. The summed E-state index contributed by atoms with van der Waals surface area (Å²) in [6.07, 6.45) is 12.1. The van der Waals surface area contributed by atoms with E-state index in [-0.39, 0.29) is 5.91 Å². The zero-order valence-electron chi connectivity index (χ0n) is 13.1. The molecule has 0 saturated heterocycles. The first-order valence-electron chi connectivity index (χ1n) is 8.57. The minimum Gasteiger partial charge on any atom is -0.416 e. The largest absolute Gasteiger partial charge is 0.416 e. The van der Waals surface area contributed by atoms with Gasteiger partial charge in [0.2, 0.25) is 11.8 Å². The van der Waals surface area contributed by atoms with Gasteiger partial charge in [0.25, 0.3) is 5.22 Å². The van der Waals surface area contributed by atoms with Crippen LogP contribution < -0.4 is 5.32 Å². The third-order valence-corrected chi connectivity index (χ3v) is 5.49. The Hall–Kier alpha value is -1.04. The van der Waals surface area contributed by atoms with Crippen LogP contribution in [0.25, 0.3) is 0 Å². The maximum absolute atomic E-state index is 12.0. The molecule has 0 unspecified atom stereocenters. The Labute approximate surface area is 136 Å². The van der Waals surface area contributed by atoms with Crippen LogP contribution in [-0.2, 0) is 4.79 Å². The van der Waals surface area contributed by atoms with Gasteiger partial charge in [0, 0.05) is 12.0 Å². The Bertz CT molecular complexity index is 479. The SMILES string of the molecule is O=C(CSc1nnc(C2CCCCC2)o1)NC1CCCCC1. The minimum atomic E-state index is 0.0781. The molecule has 1 aromatic heterocycles. The molecule has 2 aliphatic rings. The molecule has 1 N–H and O–H groups in total. The third kappa shape index (κ3) is 4.48. The molecule has 1 heterocycles. The van der Waals surface area contributed by atoms with Gasteiger partial charge in [-0.3, -0.25) is 4.79 Å². The van der Waals surface area contributed by atoms with Crippen LogP contribution in [0.3, 0.4) is 0 Å². The fourth-order valence-electron chi connectivity index (χ4n) is 3.44. The zero-order chi connectivity index (χ0) is 15.2. The number of hydrogen-bond acceptors (Lipinski definition) is 5. The van der Waals surface area contributed by atoms with Crippen molar-refractivity contribution in [3.05, 3.63) is 5.89 Å². The molecule has 5 nitrogen and oxygen atoms in total. The molecular formula is C16H25N3O2S. The second-order valence-electron chi connectivity index (χ2n) is 6.43. The van der Waals surface area contributed by atoms with Crippen molar-refractivity contribution in [2.45, 2.75) is 81.4 Å². The summed E-state index contributed by atoms with van der Waals surface area (Å²) in [4.78, 5) is 12.0. The predicted octanol–water partition coefficient (Wildman–Crippen LogP) is 3.66. The fraction of sp³-hybridized carbons (Fsp3) is 0.812. The summed E-state index contributed by atoms with van der Waals surface area (Å²) in [5, 5.41) is 11.9. The first-order chi connectivity index (χ1) is 10.8. The average molecular weight is 323 g/mol. The van der Waals surface area contributed by atoms with Gasteiger partial charge in [-0.2, -0.15) is 0 Å². The highest BCUT2D eigenvalue weighted by molar-refractivity contribution is 7.99. The van der Waals surface area contributed by atoms with Gasteiger partial charge in [0.15, 0.2) is 0 Å². The van der Waals surface area contributed by atoms with E-state index in [0.29, 0.717) is 22.9 Å². The van der Waals surface area contributed by atoms with Gasteiger partial charge >= 0.3 is 0 Å². The number of thioether (sulfide) groups is 1. The van der Waals surface area contributed by atoms with E-state index in [4.69, 9.17) is 4.42 Å². The van der Waals surface area contributed by atoms with Crippen LogP contribution in [-0.4, -0.2) is 27.9 Å². The smallest absolute Gasteiger partial charge is 0.277 e. The normalized spacial score (nSPS) is 20.9. The van der Waals surface area contributed by atoms with Crippen LogP contribution in [0.4, 0.5) is 0 Å². The topological polar surface area (TPSA) is 68.0 Å². The van der Waals surface area contributed by atoms with Crippen molar-refractivity contribution in [1.82, 2.24) is 15.5 Å². The second-order valence-corrected chi connectivity index (χ2v) is 7.36. The van der Waals surface area contributed by atoms with Gasteiger partial charge in [-0.25, -0.2) is 0 Å². The Morgan fingerprint density at radius 2 is 1.73 bits per heavy atom. The zero-order valence-corrected chi connectivity index (χ0v) is 13.9. The van der Waals surface area contributed by atoms with Crippen molar-refractivity contribution in [2.75, 3.05) is 5.75 Å². The van der Waals surface area contributed by atoms with E-state index in [1.165, 1.54) is 50.3 Å². The number of amides is 1. The lowest BCUT2D eigenvalue weighted by atomic mass is 9.89. The number of aromatic nitrogens is 2. The first kappa shape index (κ1) is 15.8. The molecule has 0 spiro atoms. The number of carbonyl (C=O) groups excluding carboxylic acids is 1. The molecule has 0 aromatic carbocycles. The predicted molar refractivity (Wildman–Crippen MR) is 85.9 cm³/mol. The van der Waals surface area contributed by atoms with Gasteiger partial charge in [-0.15, -0.1) is 10.2 Å². The highest BCUT2D eigenvalue weighted by atomic mass is 32.2. The van der Waals surface area contributed by atoms with Crippen molar-refractivity contribution in [3.63, 3.8) is 0 Å². The molecule has 0 aliphatic heterocycles. The highest BCUT2D eigenvalue weighted by Gasteiger charge is 2.22. The Balaban J connectivity index is 1.43. The number of nitrogens with zero attached hydrogens (tertiary/aromatic N) is 2. The molecule has 0 radical (unpaired) electrons. The molecule has 3 rings (SSSR count). The van der Waals surface area contributed by atoms with Gasteiger partial charge in [0.1, 0.15) is 0 Å². The fourth-order valence-corrected chi connectivity index (χ4v) is 4.02. The molecular weight excluding hydrogens is 298 g/mol. The summed E-state index contributed by atoms with van der Waals surface area (Å²) in [5.74, 6) is 1.62. The quantitative estimate of drug-likeness (QED) is 0.838. The third-order valence-electron chi connectivity index (χ3n) is 4.67. The van der Waals surface area contributed by atoms with Crippen LogP contribution in [0, 0.1) is 0 Å². The molecule has 2 fully saturated rings. The van der Waals surface area contributed by atoms with Crippen molar-refractivity contribution in [1.29, 1.82) is 0 Å². The summed E-state index contributed by atoms with van der Waals surface area (Å²) in [7, 11) is 0. The van der Waals surface area contributed by atoms with Gasteiger partial charge < -0.3 is 9.73 Å². The molecule has 22 heavy (non-hydrogen) atoms. The van der Waals surface area contributed by atoms with E-state index in [2.05, 4.69) is 15.5 Å². The maximum atomic E-state index is 12.0. The summed E-state index contributed by atoms with van der Waals surface area (Å²) in [6, 6.07) is 0.363. The molecule has 2 aliphatic carbocycles. The molecule has 1 amide bonds. The molecule has 1 aromatic rings. The molecule has 6 heteroatoms. The number of nitrogens with one attached hydrogen (secondary N) is 1. The van der Waals surface area contributed by atoms with Crippen LogP contribution in [0.1, 0.15) is 76.0 Å². The van der Waals surface area contributed by atoms with Crippen molar-refractivity contribution < 1.29 is 9.21 Å². The van der Waals surface area contributed by atoms with E-state index in [1.807, 2.05) is 0 Å². The minimum absolute atomic E-state index is 0.0781. The maximum Gasteiger partial charge on any atom is 0.277 e. The lowest BCUT2D eigenvalue weighted by Gasteiger charge is -2.22. The lowest BCUT2D eigenvalue weighted by Crippen LogP contribution is -2.37. The summed E-state index contributed by atoms with van der Waals surface area (Å²) >= 11 is 1.35. The summed E-state index contributed by atoms with van der Waals surface area (Å²) in [5.41, 5.74) is 0. The van der Waals surface area contributed by atoms with Gasteiger partial charge in [-0.05, 0) is 25.7 Å². The van der Waals surface area contributed by atoms with Crippen LogP contribution >= 0.6 is 11.8 Å². The molecule has 0 atom stereocenters. The van der Waals surface area contributed by atoms with Crippen molar-refractivity contribution in [2.24, 2.45) is 0 Å². The lowest BCUT2D eigenvalue weighted by molar-refractivity contribution is -0.119. The Morgan fingerprint density at radius 3 is 2.45 bits per heavy atom. The standard InChI is InChI=1S/C16H25N3O2S/c20-14(17-13-9-5-2-6-10-13)11-22-16-19-18-15(21-16)12-7-3-1-4-8-12/h12-13H,1-11H2,(H,17,20). The summed E-state index contributed by atoms with van der Waals surface area (Å²) < 4.78 is 5.72. The monoisotopic (exact) mass is 323 g/mol. The van der Waals surface area contributed by atoms with Crippen LogP contribution in [0.15, 0.2) is 9.64 Å². The number of carbonyl (C=O) groups is 1. The average Bonchev–Trinajstić information content (AvgIpc) is 3.04. The van der Waals surface area contributed by atoms with E-state index in [1.54, 1.807) is 0 Å². The van der Waals surface area contributed by atoms with E-state index in [9.17, 15) is 4.79 Å². The Kier molecular flexibility index (Phi) is 5.76. The van der Waals surface area contributed by atoms with E-state index in [0.717, 1.165) is 31.6 Å². The molecule has 2 saturated carbocycles. The van der Waals surface area contributed by atoms with Crippen molar-refractivity contribution in [3.8, 4) is 0 Å². The molecule has 0 bridgehead atoms. The van der Waals surface area contributed by atoms with Gasteiger partial charge in [0.05, 0.1) is 5.75 Å². The van der Waals surface area contributed by atoms with Crippen LogP contribution in [0.5, 0.6) is 0 Å². The Morgan fingerprint density at radius 1 is 1.05 bits per heavy atom.